The Labute approximate surface area is 105 Å². The van der Waals surface area contributed by atoms with Crippen LogP contribution in [0.3, 0.4) is 0 Å². The zero-order valence-corrected chi connectivity index (χ0v) is 9.83. The van der Waals surface area contributed by atoms with Crippen LogP contribution in [0.4, 0.5) is 0 Å². The summed E-state index contributed by atoms with van der Waals surface area (Å²) in [6, 6.07) is 6.13. The number of rotatable bonds is 1. The van der Waals surface area contributed by atoms with Crippen molar-refractivity contribution < 1.29 is 15.0 Å². The highest BCUT2D eigenvalue weighted by molar-refractivity contribution is 5.97. The van der Waals surface area contributed by atoms with E-state index < -0.39 is 0 Å². The maximum absolute atomic E-state index is 12.1. The third-order valence-corrected chi connectivity index (χ3v) is 3.18. The Hall–Kier alpha value is -2.22. The van der Waals surface area contributed by atoms with Gasteiger partial charge in [0.15, 0.2) is 0 Å². The van der Waals surface area contributed by atoms with Crippen molar-refractivity contribution in [2.45, 2.75) is 12.8 Å². The number of benzene rings is 1. The summed E-state index contributed by atoms with van der Waals surface area (Å²) < 4.78 is 0. The summed E-state index contributed by atoms with van der Waals surface area (Å²) in [6.07, 6.45) is 1.34. The zero-order valence-electron chi connectivity index (χ0n) is 9.83. The maximum atomic E-state index is 12.1. The summed E-state index contributed by atoms with van der Waals surface area (Å²) in [5.41, 5.74) is 0.184. The third kappa shape index (κ3) is 2.38. The molecule has 1 aromatic rings. The fraction of sp³-hybridized carbons (Fsp3) is 0.385. The van der Waals surface area contributed by atoms with Crippen LogP contribution in [-0.4, -0.2) is 34.1 Å². The molecular weight excluding hydrogens is 232 g/mol. The number of carbonyl (C=O) groups excluding carboxylic acids is 1. The number of hydrogen-bond acceptors (Lipinski definition) is 4. The van der Waals surface area contributed by atoms with E-state index in [1.165, 1.54) is 12.1 Å². The molecule has 1 aliphatic heterocycles. The van der Waals surface area contributed by atoms with Gasteiger partial charge in [-0.3, -0.25) is 4.79 Å². The zero-order chi connectivity index (χ0) is 13.1. The largest absolute Gasteiger partial charge is 0.508 e. The first kappa shape index (κ1) is 12.2. The second-order valence-corrected chi connectivity index (χ2v) is 4.40. The van der Waals surface area contributed by atoms with Gasteiger partial charge in [0.05, 0.1) is 11.6 Å². The molecule has 0 bridgehead atoms. The summed E-state index contributed by atoms with van der Waals surface area (Å²) in [6.45, 7) is 1.05. The first-order chi connectivity index (χ1) is 8.61. The van der Waals surface area contributed by atoms with E-state index in [1.54, 1.807) is 4.90 Å². The molecule has 0 atom stereocenters. The number of amides is 1. The van der Waals surface area contributed by atoms with E-state index in [0.29, 0.717) is 25.9 Å². The predicted molar refractivity (Wildman–Crippen MR) is 64.0 cm³/mol. The number of nitrogens with zero attached hydrogens (tertiary/aromatic N) is 2. The average Bonchev–Trinajstić information content (AvgIpc) is 2.38. The lowest BCUT2D eigenvalue weighted by Crippen LogP contribution is -2.38. The quantitative estimate of drug-likeness (QED) is 0.785. The van der Waals surface area contributed by atoms with Crippen molar-refractivity contribution in [3.05, 3.63) is 23.8 Å². The number of carbonyl (C=O) groups is 1. The molecular formula is C13H14N2O3. The van der Waals surface area contributed by atoms with E-state index in [4.69, 9.17) is 5.26 Å². The molecule has 1 aromatic carbocycles. The van der Waals surface area contributed by atoms with Gasteiger partial charge in [-0.25, -0.2) is 0 Å². The van der Waals surface area contributed by atoms with Crippen molar-refractivity contribution in [3.63, 3.8) is 0 Å². The molecule has 0 unspecified atom stereocenters. The van der Waals surface area contributed by atoms with Crippen molar-refractivity contribution in [3.8, 4) is 17.6 Å². The topological polar surface area (TPSA) is 84.6 Å². The number of nitriles is 1. The predicted octanol–water partition coefficient (Wildman–Crippen LogP) is 1.47. The molecule has 0 spiro atoms. The molecule has 1 heterocycles. The Kier molecular flexibility index (Phi) is 3.38. The van der Waals surface area contributed by atoms with Crippen molar-refractivity contribution in [1.82, 2.24) is 4.90 Å². The number of phenolic OH excluding ortho intramolecular Hbond substituents is 2. The molecule has 1 fully saturated rings. The van der Waals surface area contributed by atoms with Crippen molar-refractivity contribution in [2.75, 3.05) is 13.1 Å². The van der Waals surface area contributed by atoms with E-state index in [-0.39, 0.29) is 28.9 Å². The molecule has 1 amide bonds. The van der Waals surface area contributed by atoms with Gasteiger partial charge in [0.1, 0.15) is 11.5 Å². The Morgan fingerprint density at radius 1 is 1.33 bits per heavy atom. The van der Waals surface area contributed by atoms with Crippen LogP contribution in [0, 0.1) is 17.2 Å². The van der Waals surface area contributed by atoms with Gasteiger partial charge in [-0.05, 0) is 25.0 Å². The van der Waals surface area contributed by atoms with Crippen LogP contribution < -0.4 is 0 Å². The highest BCUT2D eigenvalue weighted by atomic mass is 16.3. The third-order valence-electron chi connectivity index (χ3n) is 3.18. The summed E-state index contributed by atoms with van der Waals surface area (Å²) in [4.78, 5) is 13.8. The Morgan fingerprint density at radius 3 is 2.56 bits per heavy atom. The molecule has 0 aliphatic carbocycles. The number of hydrogen-bond donors (Lipinski definition) is 2. The Bertz CT molecular complexity index is 499. The fourth-order valence-corrected chi connectivity index (χ4v) is 2.08. The standard InChI is InChI=1S/C13H14N2O3/c14-8-9-3-5-15(6-4-9)13(18)11-2-1-10(16)7-12(11)17/h1-2,7,9,16-17H,3-6H2. The first-order valence-corrected chi connectivity index (χ1v) is 5.82. The van der Waals surface area contributed by atoms with Gasteiger partial charge in [0, 0.05) is 25.1 Å². The van der Waals surface area contributed by atoms with Crippen molar-refractivity contribution in [1.29, 1.82) is 5.26 Å². The molecule has 1 saturated heterocycles. The van der Waals surface area contributed by atoms with E-state index >= 15 is 0 Å². The molecule has 2 N–H and O–H groups in total. The average molecular weight is 246 g/mol. The SMILES string of the molecule is N#CC1CCN(C(=O)c2ccc(O)cc2O)CC1. The van der Waals surface area contributed by atoms with Gasteiger partial charge in [-0.2, -0.15) is 5.26 Å². The van der Waals surface area contributed by atoms with E-state index in [2.05, 4.69) is 6.07 Å². The van der Waals surface area contributed by atoms with Gasteiger partial charge in [-0.15, -0.1) is 0 Å². The number of likely N-dealkylation sites (tertiary alicyclic amines) is 1. The van der Waals surface area contributed by atoms with E-state index in [0.717, 1.165) is 6.07 Å². The second-order valence-electron chi connectivity index (χ2n) is 4.40. The van der Waals surface area contributed by atoms with Crippen molar-refractivity contribution in [2.24, 2.45) is 5.92 Å². The lowest BCUT2D eigenvalue weighted by Gasteiger charge is -2.29. The van der Waals surface area contributed by atoms with Crippen LogP contribution in [0.2, 0.25) is 0 Å². The normalized spacial score (nSPS) is 16.3. The molecule has 1 aliphatic rings. The number of aromatic hydroxyl groups is 2. The summed E-state index contributed by atoms with van der Waals surface area (Å²) in [7, 11) is 0. The number of piperidine rings is 1. The monoisotopic (exact) mass is 246 g/mol. The van der Waals surface area contributed by atoms with Gasteiger partial charge in [0.2, 0.25) is 0 Å². The first-order valence-electron chi connectivity index (χ1n) is 5.82. The van der Waals surface area contributed by atoms with E-state index in [1.807, 2.05) is 0 Å². The molecule has 5 heteroatoms. The smallest absolute Gasteiger partial charge is 0.257 e. The van der Waals surface area contributed by atoms with Gasteiger partial charge < -0.3 is 15.1 Å². The van der Waals surface area contributed by atoms with Crippen LogP contribution in [-0.2, 0) is 0 Å². The minimum atomic E-state index is -0.260. The summed E-state index contributed by atoms with van der Waals surface area (Å²) in [5, 5.41) is 27.6. The van der Waals surface area contributed by atoms with Crippen molar-refractivity contribution >= 4 is 5.91 Å². The Balaban J connectivity index is 2.11. The molecule has 0 saturated carbocycles. The van der Waals surface area contributed by atoms with Crippen LogP contribution in [0.25, 0.3) is 0 Å². The maximum Gasteiger partial charge on any atom is 0.257 e. The Morgan fingerprint density at radius 2 is 2.00 bits per heavy atom. The van der Waals surface area contributed by atoms with E-state index in [9.17, 15) is 15.0 Å². The number of phenols is 2. The van der Waals surface area contributed by atoms with Crippen LogP contribution >= 0.6 is 0 Å². The van der Waals surface area contributed by atoms with Gasteiger partial charge >= 0.3 is 0 Å². The summed E-state index contributed by atoms with van der Waals surface area (Å²) in [5.74, 6) is -0.541. The van der Waals surface area contributed by atoms with Gasteiger partial charge in [-0.1, -0.05) is 0 Å². The van der Waals surface area contributed by atoms with Crippen LogP contribution in [0.15, 0.2) is 18.2 Å². The minimum Gasteiger partial charge on any atom is -0.508 e. The van der Waals surface area contributed by atoms with Crippen LogP contribution in [0.1, 0.15) is 23.2 Å². The molecule has 0 radical (unpaired) electrons. The molecule has 0 aromatic heterocycles. The van der Waals surface area contributed by atoms with Gasteiger partial charge in [0.25, 0.3) is 5.91 Å². The minimum absolute atomic E-state index is 0.0162. The molecule has 2 rings (SSSR count). The lowest BCUT2D eigenvalue weighted by molar-refractivity contribution is 0.0704. The molecule has 94 valence electrons. The highest BCUT2D eigenvalue weighted by Crippen LogP contribution is 2.25. The second kappa shape index (κ2) is 4.96. The highest BCUT2D eigenvalue weighted by Gasteiger charge is 2.24. The van der Waals surface area contributed by atoms with Crippen LogP contribution in [0.5, 0.6) is 11.5 Å². The lowest BCUT2D eigenvalue weighted by atomic mass is 9.98. The summed E-state index contributed by atoms with van der Waals surface area (Å²) >= 11 is 0. The molecule has 18 heavy (non-hydrogen) atoms. The molecule has 5 nitrogen and oxygen atoms in total. The fourth-order valence-electron chi connectivity index (χ4n) is 2.08.